The van der Waals surface area contributed by atoms with Crippen LogP contribution in [0.25, 0.3) is 0 Å². The van der Waals surface area contributed by atoms with Gasteiger partial charge in [0.15, 0.2) is 0 Å². The molecule has 0 spiro atoms. The van der Waals surface area contributed by atoms with Crippen molar-refractivity contribution in [2.24, 2.45) is 0 Å². The third kappa shape index (κ3) is 2.72. The van der Waals surface area contributed by atoms with Crippen LogP contribution in [0, 0.1) is 3.57 Å². The van der Waals surface area contributed by atoms with Crippen LogP contribution >= 0.6 is 22.6 Å². The molecule has 1 aromatic rings. The number of hydrogen-bond acceptors (Lipinski definition) is 3. The summed E-state index contributed by atoms with van der Waals surface area (Å²) < 4.78 is 19.2. The number of halogens is 1. The van der Waals surface area contributed by atoms with Crippen molar-refractivity contribution < 1.29 is 14.0 Å². The second-order valence-electron chi connectivity index (χ2n) is 6.60. The SMILES string of the molecule is CC1(C)OB(c2ccc(I)c(OC3CC3)c2)OC1(C)C. The van der Waals surface area contributed by atoms with E-state index >= 15 is 0 Å². The Balaban J connectivity index is 1.84. The molecule has 2 aliphatic rings. The summed E-state index contributed by atoms with van der Waals surface area (Å²) in [7, 11) is -0.321. The zero-order chi connectivity index (χ0) is 14.5. The van der Waals surface area contributed by atoms with Gasteiger partial charge >= 0.3 is 7.12 Å². The number of ether oxygens (including phenoxy) is 1. The molecule has 108 valence electrons. The van der Waals surface area contributed by atoms with E-state index in [-0.39, 0.29) is 18.3 Å². The lowest BCUT2D eigenvalue weighted by molar-refractivity contribution is 0.00578. The molecule has 1 heterocycles. The van der Waals surface area contributed by atoms with E-state index in [9.17, 15) is 0 Å². The summed E-state index contributed by atoms with van der Waals surface area (Å²) in [6, 6.07) is 6.19. The van der Waals surface area contributed by atoms with Crippen LogP contribution in [0.2, 0.25) is 0 Å². The van der Waals surface area contributed by atoms with Crippen LogP contribution in [0.4, 0.5) is 0 Å². The molecule has 2 fully saturated rings. The van der Waals surface area contributed by atoms with Crippen molar-refractivity contribution in [2.45, 2.75) is 57.8 Å². The van der Waals surface area contributed by atoms with Crippen molar-refractivity contribution in [3.8, 4) is 5.75 Å². The highest BCUT2D eigenvalue weighted by Gasteiger charge is 2.51. The van der Waals surface area contributed by atoms with Crippen LogP contribution in [0.5, 0.6) is 5.75 Å². The fourth-order valence-electron chi connectivity index (χ4n) is 2.10. The molecular weight excluding hydrogens is 366 g/mol. The van der Waals surface area contributed by atoms with Gasteiger partial charge in [0, 0.05) is 0 Å². The van der Waals surface area contributed by atoms with Crippen molar-refractivity contribution in [1.82, 2.24) is 0 Å². The molecule has 1 aliphatic carbocycles. The minimum absolute atomic E-state index is 0.307. The molecule has 3 nitrogen and oxygen atoms in total. The van der Waals surface area contributed by atoms with Crippen LogP contribution in [0.15, 0.2) is 18.2 Å². The summed E-state index contributed by atoms with van der Waals surface area (Å²) >= 11 is 2.31. The highest BCUT2D eigenvalue weighted by Crippen LogP contribution is 2.37. The van der Waals surface area contributed by atoms with Crippen LogP contribution in [0.3, 0.4) is 0 Å². The van der Waals surface area contributed by atoms with Crippen LogP contribution in [0.1, 0.15) is 40.5 Å². The lowest BCUT2D eigenvalue weighted by atomic mass is 9.79. The Morgan fingerprint density at radius 3 is 2.30 bits per heavy atom. The predicted octanol–water partition coefficient (Wildman–Crippen LogP) is 3.13. The molecule has 20 heavy (non-hydrogen) atoms. The van der Waals surface area contributed by atoms with Gasteiger partial charge in [0.05, 0.1) is 20.9 Å². The van der Waals surface area contributed by atoms with Gasteiger partial charge in [-0.15, -0.1) is 0 Å². The second-order valence-corrected chi connectivity index (χ2v) is 7.76. The first-order valence-corrected chi connectivity index (χ1v) is 8.18. The summed E-state index contributed by atoms with van der Waals surface area (Å²) in [6.45, 7) is 8.28. The first-order chi connectivity index (χ1) is 9.28. The Hall–Kier alpha value is -0.265. The van der Waals surface area contributed by atoms with Crippen molar-refractivity contribution in [2.75, 3.05) is 0 Å². The lowest BCUT2D eigenvalue weighted by Crippen LogP contribution is -2.41. The Morgan fingerprint density at radius 2 is 1.75 bits per heavy atom. The maximum Gasteiger partial charge on any atom is 0.494 e. The van der Waals surface area contributed by atoms with Gasteiger partial charge in [-0.1, -0.05) is 6.07 Å². The molecule has 0 unspecified atom stereocenters. The van der Waals surface area contributed by atoms with Crippen molar-refractivity contribution in [3.63, 3.8) is 0 Å². The summed E-state index contributed by atoms with van der Waals surface area (Å²) in [6.07, 6.45) is 2.73. The number of benzene rings is 1. The van der Waals surface area contributed by atoms with Gasteiger partial charge < -0.3 is 14.0 Å². The fourth-order valence-corrected chi connectivity index (χ4v) is 2.56. The molecule has 0 atom stereocenters. The monoisotopic (exact) mass is 386 g/mol. The van der Waals surface area contributed by atoms with E-state index in [1.54, 1.807) is 0 Å². The maximum absolute atomic E-state index is 6.09. The van der Waals surface area contributed by atoms with Gasteiger partial charge in [-0.3, -0.25) is 0 Å². The molecule has 0 amide bonds. The number of rotatable bonds is 3. The van der Waals surface area contributed by atoms with Gasteiger partial charge in [0.25, 0.3) is 0 Å². The van der Waals surface area contributed by atoms with Crippen molar-refractivity contribution in [1.29, 1.82) is 0 Å². The molecule has 0 radical (unpaired) electrons. The van der Waals surface area contributed by atoms with E-state index in [4.69, 9.17) is 14.0 Å². The summed E-state index contributed by atoms with van der Waals surface area (Å²) in [5.74, 6) is 0.945. The van der Waals surface area contributed by atoms with Gasteiger partial charge in [-0.2, -0.15) is 0 Å². The third-order valence-corrected chi connectivity index (χ3v) is 5.19. The molecule has 0 bridgehead atoms. The normalized spacial score (nSPS) is 23.9. The van der Waals surface area contributed by atoms with E-state index in [0.717, 1.165) is 27.6 Å². The summed E-state index contributed by atoms with van der Waals surface area (Å²) in [4.78, 5) is 0. The highest BCUT2D eigenvalue weighted by atomic mass is 127. The maximum atomic E-state index is 6.09. The average Bonchev–Trinajstić information content (AvgIpc) is 3.10. The Labute approximate surface area is 134 Å². The fraction of sp³-hybridized carbons (Fsp3) is 0.600. The smallest absolute Gasteiger partial charge is 0.489 e. The van der Waals surface area contributed by atoms with Gasteiger partial charge in [0.1, 0.15) is 5.75 Å². The van der Waals surface area contributed by atoms with Gasteiger partial charge in [-0.05, 0) is 80.7 Å². The van der Waals surface area contributed by atoms with E-state index < -0.39 is 0 Å². The first-order valence-electron chi connectivity index (χ1n) is 7.10. The molecule has 1 aromatic carbocycles. The molecule has 0 aromatic heterocycles. The van der Waals surface area contributed by atoms with E-state index in [0.29, 0.717) is 6.10 Å². The largest absolute Gasteiger partial charge is 0.494 e. The van der Waals surface area contributed by atoms with Crippen molar-refractivity contribution >= 4 is 35.2 Å². The predicted molar refractivity (Wildman–Crippen MR) is 88.5 cm³/mol. The van der Waals surface area contributed by atoms with E-state index in [2.05, 4.69) is 68.5 Å². The summed E-state index contributed by atoms with van der Waals surface area (Å²) in [5, 5.41) is 0. The molecule has 1 aliphatic heterocycles. The van der Waals surface area contributed by atoms with Crippen LogP contribution in [-0.4, -0.2) is 24.4 Å². The number of hydrogen-bond donors (Lipinski definition) is 0. The Kier molecular flexibility index (Phi) is 3.58. The minimum atomic E-state index is -0.321. The highest BCUT2D eigenvalue weighted by molar-refractivity contribution is 14.1. The molecule has 1 saturated carbocycles. The second kappa shape index (κ2) is 4.88. The minimum Gasteiger partial charge on any atom is -0.489 e. The van der Waals surface area contributed by atoms with Crippen LogP contribution in [-0.2, 0) is 9.31 Å². The summed E-state index contributed by atoms with van der Waals surface area (Å²) in [5.41, 5.74) is 0.413. The lowest BCUT2D eigenvalue weighted by Gasteiger charge is -2.32. The molecule has 0 N–H and O–H groups in total. The molecule has 1 saturated heterocycles. The quantitative estimate of drug-likeness (QED) is 0.591. The molecular formula is C15H20BIO3. The first kappa shape index (κ1) is 14.7. The standard InChI is InChI=1S/C15H20BIO3/c1-14(2)15(3,4)20-16(19-14)10-5-8-12(17)13(9-10)18-11-6-7-11/h5,8-9,11H,6-7H2,1-4H3. The molecule has 5 heteroatoms. The average molecular weight is 386 g/mol. The zero-order valence-electron chi connectivity index (χ0n) is 12.4. The van der Waals surface area contributed by atoms with Crippen molar-refractivity contribution in [3.05, 3.63) is 21.8 Å². The third-order valence-electron chi connectivity index (χ3n) is 4.30. The Bertz CT molecular complexity index is 510. The van der Waals surface area contributed by atoms with Gasteiger partial charge in [0.2, 0.25) is 0 Å². The van der Waals surface area contributed by atoms with E-state index in [1.807, 2.05) is 0 Å². The van der Waals surface area contributed by atoms with Crippen LogP contribution < -0.4 is 10.2 Å². The Morgan fingerprint density at radius 1 is 1.15 bits per heavy atom. The van der Waals surface area contributed by atoms with Gasteiger partial charge in [-0.25, -0.2) is 0 Å². The topological polar surface area (TPSA) is 27.7 Å². The molecule has 3 rings (SSSR count). The zero-order valence-corrected chi connectivity index (χ0v) is 14.6. The van der Waals surface area contributed by atoms with E-state index in [1.165, 1.54) is 0 Å².